The van der Waals surface area contributed by atoms with Crippen molar-refractivity contribution in [2.24, 2.45) is 0 Å². The molecule has 1 saturated heterocycles. The number of fused-ring (bicyclic) bond motifs is 1. The Bertz CT molecular complexity index is 538. The van der Waals surface area contributed by atoms with E-state index in [0.29, 0.717) is 11.8 Å². The van der Waals surface area contributed by atoms with Crippen molar-refractivity contribution >= 4 is 11.1 Å². The summed E-state index contributed by atoms with van der Waals surface area (Å²) in [6, 6.07) is 6.45. The first kappa shape index (κ1) is 11.7. The van der Waals surface area contributed by atoms with Crippen molar-refractivity contribution in [3.63, 3.8) is 0 Å². The van der Waals surface area contributed by atoms with Crippen molar-refractivity contribution in [3.05, 3.63) is 29.7 Å². The molecule has 1 unspecified atom stereocenters. The Morgan fingerprint density at radius 1 is 1.39 bits per heavy atom. The lowest BCUT2D eigenvalue weighted by Gasteiger charge is -2.22. The van der Waals surface area contributed by atoms with Gasteiger partial charge in [0.05, 0.1) is 0 Å². The molecule has 18 heavy (non-hydrogen) atoms. The highest BCUT2D eigenvalue weighted by Crippen LogP contribution is 2.28. The van der Waals surface area contributed by atoms with Crippen molar-refractivity contribution in [1.29, 1.82) is 0 Å². The molecule has 0 spiro atoms. The Morgan fingerprint density at radius 3 is 3.00 bits per heavy atom. The number of nitrogens with one attached hydrogen (secondary N) is 1. The lowest BCUT2D eigenvalue weighted by Crippen LogP contribution is -2.28. The molecule has 1 fully saturated rings. The highest BCUT2D eigenvalue weighted by Gasteiger charge is 2.17. The third kappa shape index (κ3) is 2.15. The van der Waals surface area contributed by atoms with Gasteiger partial charge in [0.25, 0.3) is 0 Å². The Labute approximate surface area is 108 Å². The van der Waals surface area contributed by atoms with E-state index < -0.39 is 0 Å². The highest BCUT2D eigenvalue weighted by atomic mass is 16.3. The summed E-state index contributed by atoms with van der Waals surface area (Å²) in [7, 11) is 0. The van der Waals surface area contributed by atoms with Crippen molar-refractivity contribution in [1.82, 2.24) is 10.3 Å². The minimum absolute atomic E-state index is 0.345. The van der Waals surface area contributed by atoms with Crippen LogP contribution in [-0.4, -0.2) is 18.1 Å². The molecule has 96 valence electrons. The largest absolute Gasteiger partial charge is 0.440 e. The molecule has 1 aliphatic rings. The van der Waals surface area contributed by atoms with E-state index in [1.807, 2.05) is 0 Å². The number of oxazole rings is 1. The predicted octanol–water partition coefficient (Wildman–Crippen LogP) is 3.42. The van der Waals surface area contributed by atoms with Crippen LogP contribution in [0.4, 0.5) is 0 Å². The van der Waals surface area contributed by atoms with Crippen LogP contribution in [0.1, 0.15) is 50.0 Å². The summed E-state index contributed by atoms with van der Waals surface area (Å²) < 4.78 is 5.75. The van der Waals surface area contributed by atoms with Gasteiger partial charge >= 0.3 is 0 Å². The highest BCUT2D eigenvalue weighted by molar-refractivity contribution is 5.73. The second kappa shape index (κ2) is 4.73. The zero-order valence-electron chi connectivity index (χ0n) is 11.1. The molecule has 2 heterocycles. The second-order valence-electron chi connectivity index (χ2n) is 5.48. The first-order chi connectivity index (χ1) is 8.74. The number of hydrogen-bond acceptors (Lipinski definition) is 3. The number of piperidine rings is 1. The Balaban J connectivity index is 1.94. The van der Waals surface area contributed by atoms with Crippen molar-refractivity contribution in [2.45, 2.75) is 38.5 Å². The van der Waals surface area contributed by atoms with Gasteiger partial charge < -0.3 is 9.73 Å². The van der Waals surface area contributed by atoms with Gasteiger partial charge in [-0.15, -0.1) is 0 Å². The van der Waals surface area contributed by atoms with E-state index in [4.69, 9.17) is 4.42 Å². The van der Waals surface area contributed by atoms with E-state index in [9.17, 15) is 0 Å². The van der Waals surface area contributed by atoms with E-state index in [0.717, 1.165) is 30.1 Å². The minimum atomic E-state index is 0.345. The fraction of sp³-hybridized carbons (Fsp3) is 0.533. The van der Waals surface area contributed by atoms with Crippen LogP contribution >= 0.6 is 0 Å². The zero-order valence-corrected chi connectivity index (χ0v) is 11.1. The lowest BCUT2D eigenvalue weighted by atomic mass is 9.91. The van der Waals surface area contributed by atoms with Gasteiger partial charge in [-0.2, -0.15) is 0 Å². The van der Waals surface area contributed by atoms with Crippen molar-refractivity contribution in [3.8, 4) is 0 Å². The van der Waals surface area contributed by atoms with Crippen LogP contribution in [0.15, 0.2) is 22.6 Å². The van der Waals surface area contributed by atoms with Crippen LogP contribution in [0.25, 0.3) is 11.1 Å². The molecule has 0 saturated carbocycles. The normalized spacial score (nSPS) is 20.7. The summed E-state index contributed by atoms with van der Waals surface area (Å²) in [5.41, 5.74) is 3.30. The third-order valence-corrected chi connectivity index (χ3v) is 3.69. The average molecular weight is 244 g/mol. The monoisotopic (exact) mass is 244 g/mol. The van der Waals surface area contributed by atoms with Gasteiger partial charge in [0.1, 0.15) is 5.52 Å². The maximum Gasteiger partial charge on any atom is 0.198 e. The number of nitrogens with zero attached hydrogens (tertiary/aromatic N) is 1. The van der Waals surface area contributed by atoms with E-state index in [2.05, 4.69) is 42.3 Å². The summed E-state index contributed by atoms with van der Waals surface area (Å²) in [5.74, 6) is 1.81. The molecule has 1 aromatic heterocycles. The van der Waals surface area contributed by atoms with Crippen LogP contribution < -0.4 is 5.32 Å². The molecular weight excluding hydrogens is 224 g/mol. The summed E-state index contributed by atoms with van der Waals surface area (Å²) in [6.07, 6.45) is 2.53. The van der Waals surface area contributed by atoms with E-state index in [1.54, 1.807) is 0 Å². The number of benzene rings is 1. The smallest absolute Gasteiger partial charge is 0.198 e. The molecule has 1 N–H and O–H groups in total. The van der Waals surface area contributed by atoms with Gasteiger partial charge in [-0.05, 0) is 43.0 Å². The molecular formula is C15H20N2O. The summed E-state index contributed by atoms with van der Waals surface area (Å²) in [4.78, 5) is 4.58. The Hall–Kier alpha value is -1.35. The van der Waals surface area contributed by atoms with Crippen molar-refractivity contribution < 1.29 is 4.42 Å². The average Bonchev–Trinajstić information content (AvgIpc) is 2.82. The predicted molar refractivity (Wildman–Crippen MR) is 72.9 cm³/mol. The molecule has 1 aliphatic heterocycles. The number of rotatable bonds is 2. The van der Waals surface area contributed by atoms with Gasteiger partial charge in [0.15, 0.2) is 11.5 Å². The van der Waals surface area contributed by atoms with Gasteiger partial charge in [-0.3, -0.25) is 0 Å². The molecule has 2 aromatic rings. The molecule has 0 amide bonds. The molecule has 3 nitrogen and oxygen atoms in total. The topological polar surface area (TPSA) is 38.1 Å². The fourth-order valence-electron chi connectivity index (χ4n) is 2.60. The Kier molecular flexibility index (Phi) is 3.08. The lowest BCUT2D eigenvalue weighted by molar-refractivity contribution is 0.462. The molecule has 3 rings (SSSR count). The van der Waals surface area contributed by atoms with Crippen LogP contribution in [0.5, 0.6) is 0 Å². The van der Waals surface area contributed by atoms with Gasteiger partial charge in [0, 0.05) is 12.5 Å². The van der Waals surface area contributed by atoms with Crippen LogP contribution in [0, 0.1) is 0 Å². The van der Waals surface area contributed by atoms with E-state index >= 15 is 0 Å². The summed E-state index contributed by atoms with van der Waals surface area (Å²) >= 11 is 0. The summed E-state index contributed by atoms with van der Waals surface area (Å²) in [6.45, 7) is 6.45. The van der Waals surface area contributed by atoms with Crippen LogP contribution in [0.2, 0.25) is 0 Å². The van der Waals surface area contributed by atoms with E-state index in [1.165, 1.54) is 18.4 Å². The number of aromatic nitrogens is 1. The maximum absolute atomic E-state index is 5.75. The molecule has 1 atom stereocenters. The molecule has 0 aliphatic carbocycles. The van der Waals surface area contributed by atoms with Crippen LogP contribution in [0.3, 0.4) is 0 Å². The van der Waals surface area contributed by atoms with Gasteiger partial charge in [-0.25, -0.2) is 4.98 Å². The Morgan fingerprint density at radius 2 is 2.28 bits per heavy atom. The first-order valence-electron chi connectivity index (χ1n) is 6.85. The zero-order chi connectivity index (χ0) is 12.5. The van der Waals surface area contributed by atoms with Gasteiger partial charge in [0.2, 0.25) is 0 Å². The summed E-state index contributed by atoms with van der Waals surface area (Å²) in [5, 5.41) is 3.46. The molecule has 0 radical (unpaired) electrons. The second-order valence-corrected chi connectivity index (χ2v) is 5.48. The standard InChI is InChI=1S/C15H20N2O/c1-10(2)15-17-13-8-11(5-6-14(13)18-15)12-4-3-7-16-9-12/h5-6,8,10,12,16H,3-4,7,9H2,1-2H3. The number of hydrogen-bond donors (Lipinski definition) is 1. The van der Waals surface area contributed by atoms with Crippen molar-refractivity contribution in [2.75, 3.05) is 13.1 Å². The third-order valence-electron chi connectivity index (χ3n) is 3.69. The first-order valence-corrected chi connectivity index (χ1v) is 6.85. The van der Waals surface area contributed by atoms with Crippen LogP contribution in [-0.2, 0) is 0 Å². The minimum Gasteiger partial charge on any atom is -0.440 e. The fourth-order valence-corrected chi connectivity index (χ4v) is 2.60. The molecule has 3 heteroatoms. The molecule has 0 bridgehead atoms. The quantitative estimate of drug-likeness (QED) is 0.879. The SMILES string of the molecule is CC(C)c1nc2cc(C3CCCNC3)ccc2o1. The van der Waals surface area contributed by atoms with E-state index in [-0.39, 0.29) is 0 Å². The molecule has 1 aromatic carbocycles. The maximum atomic E-state index is 5.75. The van der Waals surface area contributed by atoms with Gasteiger partial charge in [-0.1, -0.05) is 19.9 Å².